The Morgan fingerprint density at radius 1 is 1.32 bits per heavy atom. The van der Waals surface area contributed by atoms with Crippen molar-refractivity contribution in [3.05, 3.63) is 30.1 Å². The Hall–Kier alpha value is -1.84. The first-order chi connectivity index (χ1) is 10.6. The van der Waals surface area contributed by atoms with Crippen LogP contribution < -0.4 is 5.32 Å². The topological polar surface area (TPSA) is 46.9 Å². The van der Waals surface area contributed by atoms with Crippen molar-refractivity contribution in [2.75, 3.05) is 0 Å². The fraction of sp³-hybridized carbons (Fsp3) is 0.556. The summed E-state index contributed by atoms with van der Waals surface area (Å²) in [6.07, 6.45) is 3.59. The van der Waals surface area contributed by atoms with Gasteiger partial charge in [0.2, 0.25) is 5.91 Å². The SMILES string of the molecule is Cc1nc2ccccc2n1CC(=O)N[C@H]1CCC[C@@H](C)[C@@H]1C. The van der Waals surface area contributed by atoms with E-state index in [1.807, 2.05) is 35.8 Å². The molecule has 0 bridgehead atoms. The van der Waals surface area contributed by atoms with Gasteiger partial charge in [0.15, 0.2) is 0 Å². The van der Waals surface area contributed by atoms with Crippen LogP contribution in [0.4, 0.5) is 0 Å². The summed E-state index contributed by atoms with van der Waals surface area (Å²) < 4.78 is 2.00. The first-order valence-corrected chi connectivity index (χ1v) is 8.27. The van der Waals surface area contributed by atoms with Gasteiger partial charge < -0.3 is 9.88 Å². The lowest BCUT2D eigenvalue weighted by molar-refractivity contribution is -0.123. The van der Waals surface area contributed by atoms with Crippen molar-refractivity contribution in [1.29, 1.82) is 0 Å². The molecule has 1 amide bonds. The summed E-state index contributed by atoms with van der Waals surface area (Å²) in [5, 5.41) is 3.24. The molecule has 1 aliphatic rings. The predicted molar refractivity (Wildman–Crippen MR) is 88.6 cm³/mol. The maximum Gasteiger partial charge on any atom is 0.240 e. The molecule has 1 N–H and O–H groups in total. The van der Waals surface area contributed by atoms with Crippen molar-refractivity contribution in [2.45, 2.75) is 52.6 Å². The van der Waals surface area contributed by atoms with Crippen LogP contribution in [0.15, 0.2) is 24.3 Å². The Morgan fingerprint density at radius 2 is 2.09 bits per heavy atom. The fourth-order valence-corrected chi connectivity index (χ4v) is 3.58. The molecule has 0 aliphatic heterocycles. The third-order valence-electron chi connectivity index (χ3n) is 5.20. The average Bonchev–Trinajstić information content (AvgIpc) is 2.80. The summed E-state index contributed by atoms with van der Waals surface area (Å²) in [6.45, 7) is 6.85. The minimum Gasteiger partial charge on any atom is -0.352 e. The zero-order chi connectivity index (χ0) is 15.7. The molecule has 0 unspecified atom stereocenters. The van der Waals surface area contributed by atoms with E-state index in [4.69, 9.17) is 0 Å². The van der Waals surface area contributed by atoms with Gasteiger partial charge in [-0.25, -0.2) is 4.98 Å². The molecule has 1 heterocycles. The number of aromatic nitrogens is 2. The van der Waals surface area contributed by atoms with Crippen LogP contribution in [0.5, 0.6) is 0 Å². The zero-order valence-corrected chi connectivity index (χ0v) is 13.7. The van der Waals surface area contributed by atoms with Crippen LogP contribution in [0.25, 0.3) is 11.0 Å². The molecular weight excluding hydrogens is 274 g/mol. The number of imidazole rings is 1. The number of rotatable bonds is 3. The van der Waals surface area contributed by atoms with Crippen LogP contribution in [0.1, 0.15) is 38.9 Å². The number of aryl methyl sites for hydroxylation is 1. The Bertz CT molecular complexity index is 676. The second-order valence-electron chi connectivity index (χ2n) is 6.68. The zero-order valence-electron chi connectivity index (χ0n) is 13.7. The molecular formula is C18H25N3O. The van der Waals surface area contributed by atoms with Crippen molar-refractivity contribution in [2.24, 2.45) is 11.8 Å². The third kappa shape index (κ3) is 2.87. The highest BCUT2D eigenvalue weighted by atomic mass is 16.2. The number of carbonyl (C=O) groups is 1. The van der Waals surface area contributed by atoms with Gasteiger partial charge in [0.25, 0.3) is 0 Å². The van der Waals surface area contributed by atoms with Gasteiger partial charge in [-0.2, -0.15) is 0 Å². The van der Waals surface area contributed by atoms with Gasteiger partial charge in [0, 0.05) is 6.04 Å². The maximum absolute atomic E-state index is 12.5. The van der Waals surface area contributed by atoms with Crippen molar-refractivity contribution >= 4 is 16.9 Å². The minimum absolute atomic E-state index is 0.0946. The number of carbonyl (C=O) groups excluding carboxylic acids is 1. The van der Waals surface area contributed by atoms with Crippen LogP contribution >= 0.6 is 0 Å². The highest BCUT2D eigenvalue weighted by molar-refractivity contribution is 5.81. The molecule has 1 fully saturated rings. The van der Waals surface area contributed by atoms with E-state index in [9.17, 15) is 4.79 Å². The second kappa shape index (κ2) is 6.11. The molecule has 1 aliphatic carbocycles. The first-order valence-electron chi connectivity index (χ1n) is 8.27. The van der Waals surface area contributed by atoms with E-state index in [1.54, 1.807) is 0 Å². The third-order valence-corrected chi connectivity index (χ3v) is 5.20. The monoisotopic (exact) mass is 299 g/mol. The smallest absolute Gasteiger partial charge is 0.240 e. The summed E-state index contributed by atoms with van der Waals surface area (Å²) >= 11 is 0. The highest BCUT2D eigenvalue weighted by Gasteiger charge is 2.28. The van der Waals surface area contributed by atoms with Crippen molar-refractivity contribution < 1.29 is 4.79 Å². The van der Waals surface area contributed by atoms with Gasteiger partial charge in [-0.3, -0.25) is 4.79 Å². The molecule has 1 aromatic carbocycles. The maximum atomic E-state index is 12.5. The van der Waals surface area contributed by atoms with Crippen LogP contribution in [-0.2, 0) is 11.3 Å². The quantitative estimate of drug-likeness (QED) is 0.945. The molecule has 0 radical (unpaired) electrons. The highest BCUT2D eigenvalue weighted by Crippen LogP contribution is 2.29. The Morgan fingerprint density at radius 3 is 2.91 bits per heavy atom. The fourth-order valence-electron chi connectivity index (χ4n) is 3.58. The number of benzene rings is 1. The molecule has 1 aromatic heterocycles. The molecule has 4 heteroatoms. The number of amides is 1. The molecule has 2 aromatic rings. The van der Waals surface area contributed by atoms with E-state index in [-0.39, 0.29) is 5.91 Å². The van der Waals surface area contributed by atoms with Gasteiger partial charge in [-0.15, -0.1) is 0 Å². The molecule has 4 nitrogen and oxygen atoms in total. The lowest BCUT2D eigenvalue weighted by Gasteiger charge is -2.34. The number of hydrogen-bond donors (Lipinski definition) is 1. The van der Waals surface area contributed by atoms with E-state index in [0.29, 0.717) is 24.4 Å². The van der Waals surface area contributed by atoms with Crippen LogP contribution in [0.3, 0.4) is 0 Å². The molecule has 22 heavy (non-hydrogen) atoms. The van der Waals surface area contributed by atoms with Crippen LogP contribution in [-0.4, -0.2) is 21.5 Å². The van der Waals surface area contributed by atoms with Crippen molar-refractivity contribution in [3.63, 3.8) is 0 Å². The van der Waals surface area contributed by atoms with E-state index in [1.165, 1.54) is 12.8 Å². The van der Waals surface area contributed by atoms with Crippen molar-refractivity contribution in [3.8, 4) is 0 Å². The number of hydrogen-bond acceptors (Lipinski definition) is 2. The molecule has 0 saturated heterocycles. The molecule has 0 spiro atoms. The van der Waals surface area contributed by atoms with Gasteiger partial charge in [0.1, 0.15) is 12.4 Å². The first kappa shape index (κ1) is 15.1. The van der Waals surface area contributed by atoms with Gasteiger partial charge in [-0.1, -0.05) is 38.8 Å². The van der Waals surface area contributed by atoms with Gasteiger partial charge >= 0.3 is 0 Å². The molecule has 3 rings (SSSR count). The normalized spacial score (nSPS) is 25.3. The second-order valence-corrected chi connectivity index (χ2v) is 6.68. The van der Waals surface area contributed by atoms with Crippen LogP contribution in [0, 0.1) is 18.8 Å². The number of nitrogens with zero attached hydrogens (tertiary/aromatic N) is 2. The largest absolute Gasteiger partial charge is 0.352 e. The summed E-state index contributed by atoms with van der Waals surface area (Å²) in [4.78, 5) is 17.0. The standard InChI is InChI=1S/C18H25N3O/c1-12-7-6-9-15(13(12)2)20-18(22)11-21-14(3)19-16-8-4-5-10-17(16)21/h4-5,8,10,12-13,15H,6-7,9,11H2,1-3H3,(H,20,22)/t12-,13+,15+/m1/s1. The summed E-state index contributed by atoms with van der Waals surface area (Å²) in [5.41, 5.74) is 1.98. The minimum atomic E-state index is 0.0946. The molecule has 3 atom stereocenters. The Balaban J connectivity index is 1.72. The van der Waals surface area contributed by atoms with E-state index in [0.717, 1.165) is 23.3 Å². The average molecular weight is 299 g/mol. The Kier molecular flexibility index (Phi) is 4.19. The predicted octanol–water partition coefficient (Wildman–Crippen LogP) is 3.29. The lowest BCUT2D eigenvalue weighted by atomic mass is 9.78. The van der Waals surface area contributed by atoms with Gasteiger partial charge in [-0.05, 0) is 37.3 Å². The number of fused-ring (bicyclic) bond motifs is 1. The van der Waals surface area contributed by atoms with E-state index in [2.05, 4.69) is 24.1 Å². The number of nitrogens with one attached hydrogen (secondary N) is 1. The van der Waals surface area contributed by atoms with Crippen molar-refractivity contribution in [1.82, 2.24) is 14.9 Å². The lowest BCUT2D eigenvalue weighted by Crippen LogP contribution is -2.44. The van der Waals surface area contributed by atoms with E-state index >= 15 is 0 Å². The van der Waals surface area contributed by atoms with Crippen LogP contribution in [0.2, 0.25) is 0 Å². The van der Waals surface area contributed by atoms with Gasteiger partial charge in [0.05, 0.1) is 11.0 Å². The summed E-state index contributed by atoms with van der Waals surface area (Å²) in [5.74, 6) is 2.23. The number of para-hydroxylation sites is 2. The summed E-state index contributed by atoms with van der Waals surface area (Å²) in [7, 11) is 0. The summed E-state index contributed by atoms with van der Waals surface area (Å²) in [6, 6.07) is 8.29. The molecule has 118 valence electrons. The molecule has 1 saturated carbocycles. The Labute approximate surface area is 131 Å². The van der Waals surface area contributed by atoms with E-state index < -0.39 is 0 Å².